The second-order valence-electron chi connectivity index (χ2n) is 4.88. The van der Waals surface area contributed by atoms with Gasteiger partial charge >= 0.3 is 0 Å². The highest BCUT2D eigenvalue weighted by Gasteiger charge is 2.22. The molecule has 2 rings (SSSR count). The highest BCUT2D eigenvalue weighted by atomic mass is 19.1. The quantitative estimate of drug-likeness (QED) is 0.838. The van der Waals surface area contributed by atoms with Gasteiger partial charge in [0.1, 0.15) is 5.82 Å². The summed E-state index contributed by atoms with van der Waals surface area (Å²) in [6, 6.07) is 8.79. The molecule has 100 valence electrons. The highest BCUT2D eigenvalue weighted by molar-refractivity contribution is 5.76. The Morgan fingerprint density at radius 3 is 2.68 bits per heavy atom. The van der Waals surface area contributed by atoms with Gasteiger partial charge in [0, 0.05) is 25.4 Å². The molecule has 1 saturated heterocycles. The molecule has 1 amide bonds. The van der Waals surface area contributed by atoms with Crippen LogP contribution in [0.3, 0.4) is 0 Å². The van der Waals surface area contributed by atoms with Gasteiger partial charge in [0.25, 0.3) is 0 Å². The Hall–Kier alpha value is -1.89. The summed E-state index contributed by atoms with van der Waals surface area (Å²) in [7, 11) is 0. The number of piperidine rings is 1. The number of benzene rings is 1. The van der Waals surface area contributed by atoms with E-state index in [1.54, 1.807) is 23.1 Å². The minimum Gasteiger partial charge on any atom is -0.343 e. The smallest absolute Gasteiger partial charge is 0.222 e. The molecule has 0 bridgehead atoms. The van der Waals surface area contributed by atoms with Crippen LogP contribution >= 0.6 is 0 Å². The number of nitrogens with zero attached hydrogens (tertiary/aromatic N) is 2. The van der Waals surface area contributed by atoms with E-state index in [0.29, 0.717) is 31.5 Å². The molecular weight excluding hydrogens is 243 g/mol. The van der Waals surface area contributed by atoms with E-state index in [2.05, 4.69) is 6.07 Å². The largest absolute Gasteiger partial charge is 0.343 e. The molecule has 19 heavy (non-hydrogen) atoms. The molecule has 1 aliphatic rings. The van der Waals surface area contributed by atoms with Crippen molar-refractivity contribution in [2.75, 3.05) is 13.1 Å². The summed E-state index contributed by atoms with van der Waals surface area (Å²) in [5.74, 6) is -0.117. The number of likely N-dealkylation sites (tertiary alicyclic amines) is 1. The van der Waals surface area contributed by atoms with Crippen LogP contribution in [0.2, 0.25) is 0 Å². The van der Waals surface area contributed by atoms with Crippen molar-refractivity contribution in [3.63, 3.8) is 0 Å². The molecule has 0 spiro atoms. The standard InChI is InChI=1S/C15H17FN2O/c16-14-4-2-1-3-13(14)5-6-15(19)18-9-7-12(11-17)8-10-18/h1-4,12H,5-10H2. The molecule has 0 saturated carbocycles. The lowest BCUT2D eigenvalue weighted by Gasteiger charge is -2.29. The Morgan fingerprint density at radius 1 is 1.37 bits per heavy atom. The van der Waals surface area contributed by atoms with Gasteiger partial charge in [-0.15, -0.1) is 0 Å². The number of nitriles is 1. The summed E-state index contributed by atoms with van der Waals surface area (Å²) >= 11 is 0. The first-order chi connectivity index (χ1) is 9.20. The Morgan fingerprint density at radius 2 is 2.05 bits per heavy atom. The van der Waals surface area contributed by atoms with E-state index in [1.807, 2.05) is 0 Å². The fraction of sp³-hybridized carbons (Fsp3) is 0.467. The summed E-state index contributed by atoms with van der Waals surface area (Å²) < 4.78 is 13.4. The van der Waals surface area contributed by atoms with E-state index in [4.69, 9.17) is 5.26 Å². The third-order valence-electron chi connectivity index (χ3n) is 3.60. The number of halogens is 1. The monoisotopic (exact) mass is 260 g/mol. The molecule has 0 unspecified atom stereocenters. The fourth-order valence-electron chi connectivity index (χ4n) is 2.36. The van der Waals surface area contributed by atoms with Gasteiger partial charge in [-0.1, -0.05) is 18.2 Å². The van der Waals surface area contributed by atoms with Gasteiger partial charge in [0.05, 0.1) is 6.07 Å². The maximum absolute atomic E-state index is 13.4. The van der Waals surface area contributed by atoms with E-state index in [0.717, 1.165) is 12.8 Å². The molecule has 0 N–H and O–H groups in total. The molecular formula is C15H17FN2O. The lowest BCUT2D eigenvalue weighted by Crippen LogP contribution is -2.38. The van der Waals surface area contributed by atoms with E-state index < -0.39 is 0 Å². The van der Waals surface area contributed by atoms with Crippen LogP contribution in [0.5, 0.6) is 0 Å². The molecule has 1 aromatic rings. The second-order valence-corrected chi connectivity index (χ2v) is 4.88. The van der Waals surface area contributed by atoms with Crippen molar-refractivity contribution < 1.29 is 9.18 Å². The van der Waals surface area contributed by atoms with Crippen molar-refractivity contribution in [2.24, 2.45) is 5.92 Å². The summed E-state index contributed by atoms with van der Waals surface area (Å²) in [6.07, 6.45) is 2.27. The van der Waals surface area contributed by atoms with Crippen LogP contribution in [0.15, 0.2) is 24.3 Å². The molecule has 1 aromatic carbocycles. The Labute approximate surface area is 112 Å². The van der Waals surface area contributed by atoms with Crippen molar-refractivity contribution in [3.05, 3.63) is 35.6 Å². The first-order valence-electron chi connectivity index (χ1n) is 6.61. The SMILES string of the molecule is N#CC1CCN(C(=O)CCc2ccccc2F)CC1. The first-order valence-corrected chi connectivity index (χ1v) is 6.61. The molecule has 4 heteroatoms. The number of hydrogen-bond acceptors (Lipinski definition) is 2. The minimum atomic E-state index is -0.251. The molecule has 0 aromatic heterocycles. The fourth-order valence-corrected chi connectivity index (χ4v) is 2.36. The van der Waals surface area contributed by atoms with Crippen molar-refractivity contribution in [2.45, 2.75) is 25.7 Å². The number of carbonyl (C=O) groups excluding carboxylic acids is 1. The first kappa shape index (κ1) is 13.5. The molecule has 3 nitrogen and oxygen atoms in total. The van der Waals surface area contributed by atoms with Crippen LogP contribution in [0.1, 0.15) is 24.8 Å². The number of hydrogen-bond donors (Lipinski definition) is 0. The van der Waals surface area contributed by atoms with Crippen LogP contribution in [-0.2, 0) is 11.2 Å². The Balaban J connectivity index is 1.83. The van der Waals surface area contributed by atoms with Crippen molar-refractivity contribution in [1.82, 2.24) is 4.90 Å². The van der Waals surface area contributed by atoms with E-state index in [9.17, 15) is 9.18 Å². The van der Waals surface area contributed by atoms with E-state index in [1.165, 1.54) is 6.07 Å². The van der Waals surface area contributed by atoms with Gasteiger partial charge in [-0.25, -0.2) is 4.39 Å². The molecule has 1 aliphatic heterocycles. The third kappa shape index (κ3) is 3.54. The third-order valence-corrected chi connectivity index (χ3v) is 3.60. The lowest BCUT2D eigenvalue weighted by molar-refractivity contribution is -0.132. The van der Waals surface area contributed by atoms with Gasteiger partial charge in [-0.2, -0.15) is 5.26 Å². The zero-order chi connectivity index (χ0) is 13.7. The average Bonchev–Trinajstić information content (AvgIpc) is 2.46. The lowest BCUT2D eigenvalue weighted by atomic mass is 9.98. The highest BCUT2D eigenvalue weighted by Crippen LogP contribution is 2.17. The van der Waals surface area contributed by atoms with E-state index >= 15 is 0 Å². The van der Waals surface area contributed by atoms with E-state index in [-0.39, 0.29) is 17.6 Å². The zero-order valence-corrected chi connectivity index (χ0v) is 10.8. The normalized spacial score (nSPS) is 16.1. The zero-order valence-electron chi connectivity index (χ0n) is 10.8. The van der Waals surface area contributed by atoms with Crippen LogP contribution in [0.4, 0.5) is 4.39 Å². The summed E-state index contributed by atoms with van der Waals surface area (Å²) in [5.41, 5.74) is 0.586. The molecule has 1 fully saturated rings. The van der Waals surface area contributed by atoms with Gasteiger partial charge in [-0.05, 0) is 30.9 Å². The average molecular weight is 260 g/mol. The predicted octanol–water partition coefficient (Wildman–Crippen LogP) is 2.52. The summed E-state index contributed by atoms with van der Waals surface area (Å²) in [4.78, 5) is 13.8. The Kier molecular flexibility index (Phi) is 4.51. The van der Waals surface area contributed by atoms with Gasteiger partial charge in [0.15, 0.2) is 0 Å². The second kappa shape index (κ2) is 6.33. The van der Waals surface area contributed by atoms with Crippen LogP contribution < -0.4 is 0 Å². The maximum Gasteiger partial charge on any atom is 0.222 e. The molecule has 1 heterocycles. The maximum atomic E-state index is 13.4. The van der Waals surface area contributed by atoms with Gasteiger partial charge in [0.2, 0.25) is 5.91 Å². The Bertz CT molecular complexity index is 487. The number of rotatable bonds is 3. The minimum absolute atomic E-state index is 0.0552. The van der Waals surface area contributed by atoms with Gasteiger partial charge < -0.3 is 4.90 Å². The molecule has 0 aliphatic carbocycles. The molecule has 0 atom stereocenters. The van der Waals surface area contributed by atoms with Gasteiger partial charge in [-0.3, -0.25) is 4.79 Å². The van der Waals surface area contributed by atoms with Crippen LogP contribution in [0.25, 0.3) is 0 Å². The topological polar surface area (TPSA) is 44.1 Å². The summed E-state index contributed by atoms with van der Waals surface area (Å²) in [5, 5.41) is 8.80. The number of carbonyl (C=O) groups is 1. The number of aryl methyl sites for hydroxylation is 1. The molecule has 0 radical (unpaired) electrons. The summed E-state index contributed by atoms with van der Waals surface area (Å²) in [6.45, 7) is 1.29. The van der Waals surface area contributed by atoms with Crippen molar-refractivity contribution >= 4 is 5.91 Å². The number of amides is 1. The van der Waals surface area contributed by atoms with Crippen molar-refractivity contribution in [3.8, 4) is 6.07 Å². The van der Waals surface area contributed by atoms with Crippen molar-refractivity contribution in [1.29, 1.82) is 5.26 Å². The van der Waals surface area contributed by atoms with Crippen LogP contribution in [0, 0.1) is 23.1 Å². The van der Waals surface area contributed by atoms with Crippen LogP contribution in [-0.4, -0.2) is 23.9 Å². The predicted molar refractivity (Wildman–Crippen MR) is 69.6 cm³/mol.